The molecule has 0 radical (unpaired) electrons. The summed E-state index contributed by atoms with van der Waals surface area (Å²) in [6.07, 6.45) is 6.21. The summed E-state index contributed by atoms with van der Waals surface area (Å²) in [5, 5.41) is 0. The number of ether oxygens (including phenoxy) is 1. The second-order valence-corrected chi connectivity index (χ2v) is 3.86. The predicted molar refractivity (Wildman–Crippen MR) is 61.8 cm³/mol. The topological polar surface area (TPSA) is 9.23 Å². The predicted octanol–water partition coefficient (Wildman–Crippen LogP) is 3.20. The van der Waals surface area contributed by atoms with Gasteiger partial charge in [0.05, 0.1) is 12.4 Å². The Morgan fingerprint density at radius 2 is 2.07 bits per heavy atom. The van der Waals surface area contributed by atoms with Gasteiger partial charge in [-0.25, -0.2) is 0 Å². The first-order valence-electron chi connectivity index (χ1n) is 4.66. The minimum atomic E-state index is 0.717. The molecule has 0 atom stereocenters. The Kier molecular flexibility index (Phi) is 5.03. The maximum atomic E-state index is 5.47. The molecule has 0 heterocycles. The van der Waals surface area contributed by atoms with Crippen molar-refractivity contribution in [1.82, 2.24) is 0 Å². The number of thioether (sulfide) groups is 1. The van der Waals surface area contributed by atoms with Gasteiger partial charge < -0.3 is 4.74 Å². The van der Waals surface area contributed by atoms with Crippen LogP contribution in [0.1, 0.15) is 13.3 Å². The van der Waals surface area contributed by atoms with Crippen molar-refractivity contribution >= 4 is 11.8 Å². The van der Waals surface area contributed by atoms with Crippen LogP contribution in [0.4, 0.5) is 0 Å². The average molecular weight is 206 g/mol. The number of hydrogen-bond acceptors (Lipinski definition) is 2. The lowest BCUT2D eigenvalue weighted by Gasteiger charge is -2.04. The highest BCUT2D eigenvalue weighted by atomic mass is 32.2. The highest BCUT2D eigenvalue weighted by Gasteiger charge is 1.94. The summed E-state index contributed by atoms with van der Waals surface area (Å²) in [7, 11) is 0. The van der Waals surface area contributed by atoms with Crippen molar-refractivity contribution in [2.75, 3.05) is 12.4 Å². The average Bonchev–Trinajstić information content (AvgIpc) is 2.25. The van der Waals surface area contributed by atoms with Gasteiger partial charge in [-0.2, -0.15) is 0 Å². The summed E-state index contributed by atoms with van der Waals surface area (Å²) in [4.78, 5) is 1.19. The number of benzene rings is 1. The minimum Gasteiger partial charge on any atom is -0.494 e. The zero-order valence-electron chi connectivity index (χ0n) is 8.32. The molecule has 1 rings (SSSR count). The molecule has 0 saturated heterocycles. The second-order valence-electron chi connectivity index (χ2n) is 2.81. The summed E-state index contributed by atoms with van der Waals surface area (Å²) < 4.78 is 5.47. The zero-order chi connectivity index (χ0) is 10.2. The van der Waals surface area contributed by atoms with E-state index < -0.39 is 0 Å². The lowest BCUT2D eigenvalue weighted by molar-refractivity contribution is 0.317. The normalized spacial score (nSPS) is 9.43. The van der Waals surface area contributed by atoms with Gasteiger partial charge in [-0.15, -0.1) is 18.2 Å². The molecule has 74 valence electrons. The van der Waals surface area contributed by atoms with E-state index in [1.54, 1.807) is 11.8 Å². The second kappa shape index (κ2) is 6.39. The Labute approximate surface area is 89.9 Å². The third-order valence-electron chi connectivity index (χ3n) is 1.62. The molecule has 0 saturated carbocycles. The molecule has 2 heteroatoms. The Bertz CT molecular complexity index is 297. The molecule has 0 fully saturated rings. The molecule has 0 unspecified atom stereocenters. The highest BCUT2D eigenvalue weighted by Crippen LogP contribution is 2.20. The van der Waals surface area contributed by atoms with Crippen molar-refractivity contribution < 1.29 is 4.74 Å². The van der Waals surface area contributed by atoms with Crippen LogP contribution in [0.2, 0.25) is 0 Å². The molecule has 0 N–H and O–H groups in total. The van der Waals surface area contributed by atoms with Gasteiger partial charge in [0.15, 0.2) is 0 Å². The van der Waals surface area contributed by atoms with Gasteiger partial charge in [-0.1, -0.05) is 12.8 Å². The lowest BCUT2D eigenvalue weighted by Crippen LogP contribution is -1.94. The molecule has 14 heavy (non-hydrogen) atoms. The largest absolute Gasteiger partial charge is 0.494 e. The van der Waals surface area contributed by atoms with E-state index in [0.717, 1.165) is 24.5 Å². The van der Waals surface area contributed by atoms with Crippen LogP contribution in [0.3, 0.4) is 0 Å². The van der Waals surface area contributed by atoms with E-state index in [4.69, 9.17) is 11.2 Å². The SMILES string of the molecule is C#CCSc1ccc(OCCC)cc1. The molecule has 0 aromatic heterocycles. The zero-order valence-corrected chi connectivity index (χ0v) is 9.14. The Hall–Kier alpha value is -1.07. The van der Waals surface area contributed by atoms with Crippen LogP contribution in [0.25, 0.3) is 0 Å². The van der Waals surface area contributed by atoms with Gasteiger partial charge in [0, 0.05) is 4.90 Å². The van der Waals surface area contributed by atoms with E-state index in [-0.39, 0.29) is 0 Å². The number of terminal acetylenes is 1. The van der Waals surface area contributed by atoms with E-state index in [9.17, 15) is 0 Å². The molecule has 0 spiro atoms. The summed E-state index contributed by atoms with van der Waals surface area (Å²) in [5.41, 5.74) is 0. The Balaban J connectivity index is 2.47. The van der Waals surface area contributed by atoms with Gasteiger partial charge in [0.2, 0.25) is 0 Å². The summed E-state index contributed by atoms with van der Waals surface area (Å²) in [6, 6.07) is 8.03. The van der Waals surface area contributed by atoms with Crippen LogP contribution in [0, 0.1) is 12.3 Å². The highest BCUT2D eigenvalue weighted by molar-refractivity contribution is 7.99. The maximum absolute atomic E-state index is 5.47. The molecular weight excluding hydrogens is 192 g/mol. The number of rotatable bonds is 5. The minimum absolute atomic E-state index is 0.717. The quantitative estimate of drug-likeness (QED) is 0.540. The fourth-order valence-corrected chi connectivity index (χ4v) is 1.56. The molecule has 0 bridgehead atoms. The van der Waals surface area contributed by atoms with Crippen LogP contribution < -0.4 is 4.74 Å². The monoisotopic (exact) mass is 206 g/mol. The van der Waals surface area contributed by atoms with Crippen molar-refractivity contribution in [3.8, 4) is 18.1 Å². The fraction of sp³-hybridized carbons (Fsp3) is 0.333. The maximum Gasteiger partial charge on any atom is 0.119 e. The first-order chi connectivity index (χ1) is 6.86. The van der Waals surface area contributed by atoms with Crippen LogP contribution in [0.15, 0.2) is 29.2 Å². The van der Waals surface area contributed by atoms with Gasteiger partial charge >= 0.3 is 0 Å². The fourth-order valence-electron chi connectivity index (χ4n) is 0.977. The van der Waals surface area contributed by atoms with Crippen molar-refractivity contribution in [2.24, 2.45) is 0 Å². The van der Waals surface area contributed by atoms with Crippen LogP contribution in [-0.4, -0.2) is 12.4 Å². The van der Waals surface area contributed by atoms with E-state index in [2.05, 4.69) is 12.8 Å². The lowest BCUT2D eigenvalue weighted by atomic mass is 10.3. The molecule has 0 aliphatic heterocycles. The third kappa shape index (κ3) is 3.76. The van der Waals surface area contributed by atoms with E-state index >= 15 is 0 Å². The first-order valence-corrected chi connectivity index (χ1v) is 5.64. The van der Waals surface area contributed by atoms with Gasteiger partial charge in [0.25, 0.3) is 0 Å². The Morgan fingerprint density at radius 1 is 1.36 bits per heavy atom. The molecule has 0 amide bonds. The molecular formula is C12H14OS. The van der Waals surface area contributed by atoms with Crippen molar-refractivity contribution in [2.45, 2.75) is 18.2 Å². The first kappa shape index (κ1) is 11.0. The summed E-state index contributed by atoms with van der Waals surface area (Å²) in [5.74, 6) is 4.24. The van der Waals surface area contributed by atoms with Crippen LogP contribution in [0.5, 0.6) is 5.75 Å². The smallest absolute Gasteiger partial charge is 0.119 e. The van der Waals surface area contributed by atoms with Crippen molar-refractivity contribution in [3.63, 3.8) is 0 Å². The van der Waals surface area contributed by atoms with Crippen LogP contribution in [-0.2, 0) is 0 Å². The summed E-state index contributed by atoms with van der Waals surface area (Å²) >= 11 is 1.66. The molecule has 0 aliphatic carbocycles. The number of hydrogen-bond donors (Lipinski definition) is 0. The van der Waals surface area contributed by atoms with Crippen molar-refractivity contribution in [1.29, 1.82) is 0 Å². The summed E-state index contributed by atoms with van der Waals surface area (Å²) in [6.45, 7) is 2.87. The standard InChI is InChI=1S/C12H14OS/c1-3-9-13-11-5-7-12(8-6-11)14-10-4-2/h2,5-8H,3,9-10H2,1H3. The van der Waals surface area contributed by atoms with Crippen LogP contribution >= 0.6 is 11.8 Å². The van der Waals surface area contributed by atoms with E-state index in [1.807, 2.05) is 24.3 Å². The molecule has 0 aliphatic rings. The van der Waals surface area contributed by atoms with Gasteiger partial charge in [-0.05, 0) is 30.7 Å². The van der Waals surface area contributed by atoms with Gasteiger partial charge in [0.1, 0.15) is 5.75 Å². The molecule has 1 nitrogen and oxygen atoms in total. The van der Waals surface area contributed by atoms with Crippen molar-refractivity contribution in [3.05, 3.63) is 24.3 Å². The molecule has 1 aromatic carbocycles. The third-order valence-corrected chi connectivity index (χ3v) is 2.54. The molecule has 1 aromatic rings. The van der Waals surface area contributed by atoms with E-state index in [1.165, 1.54) is 4.90 Å². The van der Waals surface area contributed by atoms with Gasteiger partial charge in [-0.3, -0.25) is 0 Å². The van der Waals surface area contributed by atoms with E-state index in [0.29, 0.717) is 0 Å². The Morgan fingerprint density at radius 3 is 2.64 bits per heavy atom.